The number of benzene rings is 2. The van der Waals surface area contributed by atoms with Crippen LogP contribution in [0.1, 0.15) is 11.3 Å². The summed E-state index contributed by atoms with van der Waals surface area (Å²) in [5.74, 6) is 0.835. The van der Waals surface area contributed by atoms with Crippen LogP contribution in [0, 0.1) is 6.92 Å². The lowest BCUT2D eigenvalue weighted by atomic mass is 10.2. The lowest BCUT2D eigenvalue weighted by Gasteiger charge is -2.33. The number of hydrogen-bond donors (Lipinski definition) is 0. The first-order valence-corrected chi connectivity index (χ1v) is 14.0. The number of ether oxygens (including phenoxy) is 2. The fraction of sp³-hybridized carbons (Fsp3) is 0.320. The van der Waals surface area contributed by atoms with Crippen LogP contribution in [0.15, 0.2) is 58.2 Å². The normalized spacial score (nSPS) is 15.2. The first-order valence-electron chi connectivity index (χ1n) is 11.7. The summed E-state index contributed by atoms with van der Waals surface area (Å²) in [5, 5.41) is 5.18. The molecule has 0 N–H and O–H groups in total. The Hall–Kier alpha value is -3.32. The molecule has 1 fully saturated rings. The molecule has 0 amide bonds. The maximum atomic E-state index is 13.2. The standard InChI is InChI=1S/C25H27N5O5S2/c1-17-4-6-18(7-5-17)24-27-30-23(31)14-19(26-25(30)36-24)16-28-10-12-29(13-11-28)37(32,33)20-8-9-21(34-2)22(15-20)35-3/h4-9,14-15H,10-13,16H2,1-3H3. The van der Waals surface area contributed by atoms with E-state index in [-0.39, 0.29) is 10.5 Å². The predicted octanol–water partition coefficient (Wildman–Crippen LogP) is 2.65. The van der Waals surface area contributed by atoms with Crippen LogP contribution in [0.3, 0.4) is 0 Å². The zero-order valence-corrected chi connectivity index (χ0v) is 22.4. The number of aryl methyl sites for hydroxylation is 1. The SMILES string of the molecule is COc1ccc(S(=O)(=O)N2CCN(Cc3cc(=O)n4nc(-c5ccc(C)cc5)sc4n3)CC2)cc1OC. The van der Waals surface area contributed by atoms with Crippen molar-refractivity contribution in [3.63, 3.8) is 0 Å². The molecule has 1 aliphatic rings. The number of nitrogens with zero attached hydrogens (tertiary/aromatic N) is 5. The van der Waals surface area contributed by atoms with Gasteiger partial charge in [-0.15, -0.1) is 0 Å². The van der Waals surface area contributed by atoms with Crippen LogP contribution in [0.2, 0.25) is 0 Å². The molecule has 12 heteroatoms. The van der Waals surface area contributed by atoms with Crippen molar-refractivity contribution in [3.8, 4) is 22.1 Å². The van der Waals surface area contributed by atoms with E-state index < -0.39 is 10.0 Å². The summed E-state index contributed by atoms with van der Waals surface area (Å²) >= 11 is 1.37. The van der Waals surface area contributed by atoms with E-state index in [1.807, 2.05) is 31.2 Å². The molecular weight excluding hydrogens is 514 g/mol. The molecule has 37 heavy (non-hydrogen) atoms. The maximum Gasteiger partial charge on any atom is 0.275 e. The third-order valence-electron chi connectivity index (χ3n) is 6.31. The Bertz CT molecular complexity index is 1590. The van der Waals surface area contributed by atoms with Crippen molar-refractivity contribution in [2.24, 2.45) is 0 Å². The molecule has 1 aliphatic heterocycles. The molecule has 4 aromatic rings. The molecule has 2 aromatic carbocycles. The van der Waals surface area contributed by atoms with Crippen molar-refractivity contribution in [1.29, 1.82) is 0 Å². The van der Waals surface area contributed by atoms with Gasteiger partial charge in [0.1, 0.15) is 5.01 Å². The number of aromatic nitrogens is 3. The summed E-state index contributed by atoms with van der Waals surface area (Å²) in [6, 6.07) is 14.1. The largest absolute Gasteiger partial charge is 0.493 e. The third-order valence-corrected chi connectivity index (χ3v) is 9.16. The van der Waals surface area contributed by atoms with Crippen LogP contribution in [-0.2, 0) is 16.6 Å². The Kier molecular flexibility index (Phi) is 6.99. The number of rotatable bonds is 7. The molecule has 5 rings (SSSR count). The average Bonchev–Trinajstić information content (AvgIpc) is 3.34. The summed E-state index contributed by atoms with van der Waals surface area (Å²) < 4.78 is 39.7. The summed E-state index contributed by atoms with van der Waals surface area (Å²) in [7, 11) is -0.706. The first kappa shape index (κ1) is 25.3. The van der Waals surface area contributed by atoms with Crippen molar-refractivity contribution in [1.82, 2.24) is 23.8 Å². The molecule has 3 heterocycles. The van der Waals surface area contributed by atoms with Crippen molar-refractivity contribution < 1.29 is 17.9 Å². The number of methoxy groups -OCH3 is 2. The van der Waals surface area contributed by atoms with E-state index >= 15 is 0 Å². The Labute approximate surface area is 218 Å². The van der Waals surface area contributed by atoms with E-state index in [0.717, 1.165) is 16.1 Å². The molecular formula is C25H27N5O5S2. The Morgan fingerprint density at radius 1 is 0.946 bits per heavy atom. The van der Waals surface area contributed by atoms with E-state index in [0.29, 0.717) is 54.9 Å². The molecule has 0 bridgehead atoms. The number of fused-ring (bicyclic) bond motifs is 1. The highest BCUT2D eigenvalue weighted by molar-refractivity contribution is 7.89. The zero-order valence-electron chi connectivity index (χ0n) is 20.7. The van der Waals surface area contributed by atoms with Gasteiger partial charge in [0.05, 0.1) is 24.8 Å². The Morgan fingerprint density at radius 3 is 2.32 bits per heavy atom. The number of piperazine rings is 1. The molecule has 0 aliphatic carbocycles. The second-order valence-electron chi connectivity index (χ2n) is 8.75. The Balaban J connectivity index is 1.28. The van der Waals surface area contributed by atoms with Gasteiger partial charge < -0.3 is 9.47 Å². The Morgan fingerprint density at radius 2 is 1.65 bits per heavy atom. The van der Waals surface area contributed by atoms with Gasteiger partial charge in [0, 0.05) is 50.4 Å². The summed E-state index contributed by atoms with van der Waals surface area (Å²) in [5.41, 5.74) is 2.50. The van der Waals surface area contributed by atoms with Gasteiger partial charge in [-0.05, 0) is 19.1 Å². The van der Waals surface area contributed by atoms with Crippen LogP contribution in [0.5, 0.6) is 11.5 Å². The van der Waals surface area contributed by atoms with Gasteiger partial charge in [-0.1, -0.05) is 41.2 Å². The summed E-state index contributed by atoms with van der Waals surface area (Å²) in [4.78, 5) is 20.2. The lowest BCUT2D eigenvalue weighted by molar-refractivity contribution is 0.180. The van der Waals surface area contributed by atoms with E-state index in [4.69, 9.17) is 9.47 Å². The van der Waals surface area contributed by atoms with Crippen molar-refractivity contribution in [3.05, 3.63) is 70.1 Å². The van der Waals surface area contributed by atoms with Gasteiger partial charge >= 0.3 is 0 Å². The minimum atomic E-state index is -3.68. The number of sulfonamides is 1. The van der Waals surface area contributed by atoms with Gasteiger partial charge in [-0.2, -0.15) is 13.9 Å². The van der Waals surface area contributed by atoms with E-state index in [2.05, 4.69) is 15.0 Å². The van der Waals surface area contributed by atoms with Crippen molar-refractivity contribution in [2.45, 2.75) is 18.4 Å². The van der Waals surface area contributed by atoms with Crippen molar-refractivity contribution in [2.75, 3.05) is 40.4 Å². The summed E-state index contributed by atoms with van der Waals surface area (Å²) in [6.45, 7) is 4.17. The molecule has 1 saturated heterocycles. The lowest BCUT2D eigenvalue weighted by Crippen LogP contribution is -2.48. The van der Waals surface area contributed by atoms with E-state index in [9.17, 15) is 13.2 Å². The molecule has 0 radical (unpaired) electrons. The average molecular weight is 542 g/mol. The van der Waals surface area contributed by atoms with E-state index in [1.165, 1.54) is 52.6 Å². The highest BCUT2D eigenvalue weighted by atomic mass is 32.2. The predicted molar refractivity (Wildman–Crippen MR) is 141 cm³/mol. The van der Waals surface area contributed by atoms with Crippen LogP contribution in [0.25, 0.3) is 15.5 Å². The summed E-state index contributed by atoms with van der Waals surface area (Å²) in [6.07, 6.45) is 0. The van der Waals surface area contributed by atoms with E-state index in [1.54, 1.807) is 6.07 Å². The van der Waals surface area contributed by atoms with Crippen LogP contribution >= 0.6 is 11.3 Å². The molecule has 0 unspecified atom stereocenters. The van der Waals surface area contributed by atoms with Crippen molar-refractivity contribution >= 4 is 26.3 Å². The molecule has 0 spiro atoms. The fourth-order valence-corrected chi connectivity index (χ4v) is 6.60. The van der Waals surface area contributed by atoms with Gasteiger partial charge in [-0.25, -0.2) is 13.4 Å². The molecule has 0 saturated carbocycles. The molecule has 2 aromatic heterocycles. The molecule has 0 atom stereocenters. The van der Waals surface area contributed by atoms with Crippen LogP contribution in [-0.4, -0.2) is 72.6 Å². The van der Waals surface area contributed by atoms with Gasteiger partial charge in [-0.3, -0.25) is 9.69 Å². The second kappa shape index (κ2) is 10.2. The monoisotopic (exact) mass is 541 g/mol. The first-order chi connectivity index (χ1) is 17.8. The van der Waals surface area contributed by atoms with Gasteiger partial charge in [0.15, 0.2) is 11.5 Å². The van der Waals surface area contributed by atoms with Gasteiger partial charge in [0.2, 0.25) is 15.0 Å². The maximum absolute atomic E-state index is 13.2. The van der Waals surface area contributed by atoms with Gasteiger partial charge in [0.25, 0.3) is 5.56 Å². The quantitative estimate of drug-likeness (QED) is 0.352. The minimum Gasteiger partial charge on any atom is -0.493 e. The third kappa shape index (κ3) is 5.10. The molecule has 194 valence electrons. The highest BCUT2D eigenvalue weighted by Crippen LogP contribution is 2.31. The molecule has 10 nitrogen and oxygen atoms in total. The smallest absolute Gasteiger partial charge is 0.275 e. The highest BCUT2D eigenvalue weighted by Gasteiger charge is 2.29. The number of hydrogen-bond acceptors (Lipinski definition) is 9. The topological polar surface area (TPSA) is 106 Å². The zero-order chi connectivity index (χ0) is 26.2. The fourth-order valence-electron chi connectivity index (χ4n) is 4.23. The minimum absolute atomic E-state index is 0.160. The second-order valence-corrected chi connectivity index (χ2v) is 11.6. The van der Waals surface area contributed by atoms with Crippen LogP contribution in [0.4, 0.5) is 0 Å². The van der Waals surface area contributed by atoms with Crippen LogP contribution < -0.4 is 15.0 Å².